The lowest BCUT2D eigenvalue weighted by Crippen LogP contribution is -2.38. The highest BCUT2D eigenvalue weighted by atomic mass is 32.1. The molecule has 0 saturated carbocycles. The Morgan fingerprint density at radius 3 is 3.00 bits per heavy atom. The molecule has 2 unspecified atom stereocenters. The smallest absolute Gasteiger partial charge is 0.245 e. The van der Waals surface area contributed by atoms with Gasteiger partial charge in [0.25, 0.3) is 0 Å². The van der Waals surface area contributed by atoms with Crippen LogP contribution in [0.3, 0.4) is 0 Å². The van der Waals surface area contributed by atoms with E-state index in [9.17, 15) is 5.11 Å². The van der Waals surface area contributed by atoms with E-state index in [-0.39, 0.29) is 6.61 Å². The maximum absolute atomic E-state index is 9.72. The average molecular weight is 288 g/mol. The van der Waals surface area contributed by atoms with Gasteiger partial charge in [-0.1, -0.05) is 6.92 Å². The van der Waals surface area contributed by atoms with Gasteiger partial charge in [-0.2, -0.15) is 4.37 Å². The summed E-state index contributed by atoms with van der Waals surface area (Å²) in [5, 5.41) is 12.9. The van der Waals surface area contributed by atoms with Crippen LogP contribution in [0.15, 0.2) is 6.20 Å². The van der Waals surface area contributed by atoms with Crippen LogP contribution in [-0.2, 0) is 0 Å². The van der Waals surface area contributed by atoms with E-state index >= 15 is 0 Å². The minimum Gasteiger partial charge on any atom is -0.473 e. The molecule has 0 aliphatic carbocycles. The molecule has 2 atom stereocenters. The summed E-state index contributed by atoms with van der Waals surface area (Å²) in [6.07, 6.45) is 2.16. The maximum atomic E-state index is 9.72. The lowest BCUT2D eigenvalue weighted by Gasteiger charge is -2.23. The molecule has 0 aromatic carbocycles. The van der Waals surface area contributed by atoms with Crippen molar-refractivity contribution < 1.29 is 9.84 Å². The number of hydrogen-bond acceptors (Lipinski definition) is 7. The first-order chi connectivity index (χ1) is 9.13. The van der Waals surface area contributed by atoms with Gasteiger partial charge in [0.15, 0.2) is 0 Å². The van der Waals surface area contributed by atoms with E-state index in [2.05, 4.69) is 39.9 Å². The van der Waals surface area contributed by atoms with Crippen LogP contribution in [0.5, 0.6) is 5.88 Å². The topological polar surface area (TPSA) is 70.5 Å². The van der Waals surface area contributed by atoms with Crippen LogP contribution in [-0.4, -0.2) is 64.2 Å². The predicted molar refractivity (Wildman–Crippen MR) is 76.7 cm³/mol. The van der Waals surface area contributed by atoms with Crippen LogP contribution in [0.4, 0.5) is 0 Å². The zero-order valence-corrected chi connectivity index (χ0v) is 12.7. The molecule has 0 spiro atoms. The highest BCUT2D eigenvalue weighted by Gasteiger charge is 2.08. The molecule has 0 bridgehead atoms. The number of nitrogens with one attached hydrogen (secondary N) is 1. The third kappa shape index (κ3) is 6.81. The molecular formula is C12H24N4O2S. The van der Waals surface area contributed by atoms with Gasteiger partial charge in [0.05, 0.1) is 11.7 Å². The predicted octanol–water partition coefficient (Wildman–Crippen LogP) is 0.598. The van der Waals surface area contributed by atoms with E-state index in [0.717, 1.165) is 31.2 Å². The van der Waals surface area contributed by atoms with Crippen LogP contribution in [0.2, 0.25) is 0 Å². The molecular weight excluding hydrogens is 264 g/mol. The molecule has 1 aromatic rings. The molecule has 1 aromatic heterocycles. The van der Waals surface area contributed by atoms with Crippen molar-refractivity contribution in [3.05, 3.63) is 6.20 Å². The van der Waals surface area contributed by atoms with Crippen molar-refractivity contribution in [3.63, 3.8) is 0 Å². The second kappa shape index (κ2) is 9.19. The zero-order valence-electron chi connectivity index (χ0n) is 11.9. The number of ether oxygens (including phenoxy) is 1. The third-order valence-corrected chi connectivity index (χ3v) is 3.59. The normalized spacial score (nSPS) is 14.6. The number of nitrogens with zero attached hydrogens (tertiary/aromatic N) is 3. The molecule has 2 N–H and O–H groups in total. The summed E-state index contributed by atoms with van der Waals surface area (Å²) < 4.78 is 13.0. The quantitative estimate of drug-likeness (QED) is 0.614. The van der Waals surface area contributed by atoms with Crippen molar-refractivity contribution in [2.75, 3.05) is 33.3 Å². The van der Waals surface area contributed by atoms with Gasteiger partial charge in [0.1, 0.15) is 18.9 Å². The van der Waals surface area contributed by atoms with Crippen molar-refractivity contribution >= 4 is 11.7 Å². The van der Waals surface area contributed by atoms with E-state index in [4.69, 9.17) is 4.74 Å². The Balaban J connectivity index is 2.02. The van der Waals surface area contributed by atoms with Gasteiger partial charge in [-0.15, -0.1) is 4.37 Å². The number of likely N-dealkylation sites (N-methyl/N-ethyl adjacent to an activating group) is 1. The lowest BCUT2D eigenvalue weighted by atomic mass is 10.2. The van der Waals surface area contributed by atoms with Gasteiger partial charge in [-0.25, -0.2) is 0 Å². The Kier molecular flexibility index (Phi) is 7.88. The third-order valence-electron chi connectivity index (χ3n) is 3.13. The molecule has 7 heteroatoms. The van der Waals surface area contributed by atoms with E-state index in [1.165, 1.54) is 0 Å². The largest absolute Gasteiger partial charge is 0.473 e. The van der Waals surface area contributed by atoms with Gasteiger partial charge in [0.2, 0.25) is 5.88 Å². The molecule has 0 radical (unpaired) electrons. The minimum atomic E-state index is -0.532. The fourth-order valence-corrected chi connectivity index (χ4v) is 1.88. The zero-order chi connectivity index (χ0) is 14.1. The number of aromatic nitrogens is 2. The molecule has 0 aliphatic rings. The Morgan fingerprint density at radius 1 is 1.58 bits per heavy atom. The second-order valence-electron chi connectivity index (χ2n) is 4.65. The highest BCUT2D eigenvalue weighted by Crippen LogP contribution is 2.05. The second-order valence-corrected chi connectivity index (χ2v) is 5.21. The van der Waals surface area contributed by atoms with Crippen LogP contribution in [0.1, 0.15) is 20.3 Å². The van der Waals surface area contributed by atoms with Crippen LogP contribution >= 0.6 is 11.7 Å². The van der Waals surface area contributed by atoms with Crippen molar-refractivity contribution in [1.82, 2.24) is 19.0 Å². The van der Waals surface area contributed by atoms with E-state index in [1.807, 2.05) is 0 Å². The van der Waals surface area contributed by atoms with Crippen molar-refractivity contribution in [2.24, 2.45) is 0 Å². The minimum absolute atomic E-state index is 0.236. The number of aliphatic hydroxyl groups is 1. The van der Waals surface area contributed by atoms with Crippen molar-refractivity contribution in [2.45, 2.75) is 32.4 Å². The first-order valence-electron chi connectivity index (χ1n) is 6.62. The summed E-state index contributed by atoms with van der Waals surface area (Å²) in [6.45, 7) is 6.98. The highest BCUT2D eigenvalue weighted by molar-refractivity contribution is 6.99. The molecule has 1 heterocycles. The fraction of sp³-hybridized carbons (Fsp3) is 0.833. The molecule has 0 amide bonds. The molecule has 0 saturated heterocycles. The molecule has 1 rings (SSSR count). The summed E-state index contributed by atoms with van der Waals surface area (Å²) in [5.41, 5.74) is 0. The molecule has 6 nitrogen and oxygen atoms in total. The Bertz CT molecular complexity index is 324. The fourth-order valence-electron chi connectivity index (χ4n) is 1.52. The molecule has 0 aliphatic heterocycles. The Morgan fingerprint density at radius 2 is 2.37 bits per heavy atom. The summed E-state index contributed by atoms with van der Waals surface area (Å²) in [4.78, 5) is 2.30. The number of aliphatic hydroxyl groups excluding tert-OH is 1. The van der Waals surface area contributed by atoms with Crippen LogP contribution < -0.4 is 10.1 Å². The van der Waals surface area contributed by atoms with E-state index in [0.29, 0.717) is 18.5 Å². The van der Waals surface area contributed by atoms with Crippen LogP contribution in [0, 0.1) is 0 Å². The summed E-state index contributed by atoms with van der Waals surface area (Å²) in [6, 6.07) is 0.590. The Labute approximate surface area is 119 Å². The molecule has 110 valence electrons. The summed E-state index contributed by atoms with van der Waals surface area (Å²) in [7, 11) is 2.12. The Hall–Kier alpha value is -0.760. The standard InChI is InChI=1S/C12H24N4O2S/c1-4-10(2)16(3)6-5-13-7-11(17)9-18-12-8-14-19-15-12/h8,10-11,13,17H,4-7,9H2,1-3H3. The maximum Gasteiger partial charge on any atom is 0.245 e. The van der Waals surface area contributed by atoms with E-state index < -0.39 is 6.10 Å². The van der Waals surface area contributed by atoms with E-state index in [1.54, 1.807) is 6.20 Å². The average Bonchev–Trinajstić information content (AvgIpc) is 2.93. The van der Waals surface area contributed by atoms with Gasteiger partial charge in [0, 0.05) is 25.7 Å². The van der Waals surface area contributed by atoms with Crippen molar-refractivity contribution in [3.8, 4) is 5.88 Å². The molecule has 19 heavy (non-hydrogen) atoms. The summed E-state index contributed by atoms with van der Waals surface area (Å²) in [5.74, 6) is 0.473. The van der Waals surface area contributed by atoms with Gasteiger partial charge in [-0.3, -0.25) is 0 Å². The first-order valence-corrected chi connectivity index (χ1v) is 7.35. The van der Waals surface area contributed by atoms with Gasteiger partial charge < -0.3 is 20.1 Å². The van der Waals surface area contributed by atoms with Crippen LogP contribution in [0.25, 0.3) is 0 Å². The monoisotopic (exact) mass is 288 g/mol. The van der Waals surface area contributed by atoms with Crippen molar-refractivity contribution in [1.29, 1.82) is 0 Å². The number of rotatable bonds is 10. The SMILES string of the molecule is CCC(C)N(C)CCNCC(O)COc1cnsn1. The molecule has 0 fully saturated rings. The first kappa shape index (κ1) is 16.3. The van der Waals surface area contributed by atoms with Gasteiger partial charge >= 0.3 is 0 Å². The lowest BCUT2D eigenvalue weighted by molar-refractivity contribution is 0.103. The number of hydrogen-bond donors (Lipinski definition) is 2. The summed E-state index contributed by atoms with van der Waals surface area (Å²) >= 11 is 1.09. The van der Waals surface area contributed by atoms with Gasteiger partial charge in [-0.05, 0) is 20.4 Å².